The zero-order valence-electron chi connectivity index (χ0n) is 28.2. The van der Waals surface area contributed by atoms with Crippen molar-refractivity contribution < 1.29 is 33.5 Å². The number of Topliss-reactive ketones (excluding diaryl/α,β-unsaturated/α-hetero) is 1. The molecule has 48 heavy (non-hydrogen) atoms. The Morgan fingerprint density at radius 3 is 2.17 bits per heavy atom. The number of fused-ring (bicyclic) bond motifs is 1. The molecule has 0 bridgehead atoms. The van der Waals surface area contributed by atoms with Crippen LogP contribution in [0.15, 0.2) is 54.6 Å². The van der Waals surface area contributed by atoms with Crippen LogP contribution in [0.2, 0.25) is 0 Å². The largest absolute Gasteiger partial charge is 0.444 e. The Labute approximate surface area is 281 Å². The number of nitrogens with zero attached hydrogens (tertiary/aromatic N) is 1. The average molecular weight is 662 g/mol. The summed E-state index contributed by atoms with van der Waals surface area (Å²) in [4.78, 5) is 80.3. The molecule has 0 saturated carbocycles. The van der Waals surface area contributed by atoms with Gasteiger partial charge in [0.15, 0.2) is 0 Å². The lowest BCUT2D eigenvalue weighted by molar-refractivity contribution is -0.143. The second-order valence-electron chi connectivity index (χ2n) is 13.4. The molecule has 0 spiro atoms. The number of hydrogen-bond acceptors (Lipinski definition) is 7. The first kappa shape index (κ1) is 36.1. The lowest BCUT2D eigenvalue weighted by Gasteiger charge is -2.32. The summed E-state index contributed by atoms with van der Waals surface area (Å²) < 4.78 is 5.49. The van der Waals surface area contributed by atoms with Crippen LogP contribution in [-0.4, -0.2) is 77.2 Å². The Morgan fingerprint density at radius 1 is 0.896 bits per heavy atom. The molecule has 12 heteroatoms. The number of benzene rings is 2. The molecule has 0 aromatic heterocycles. The topological polar surface area (TPSA) is 163 Å². The van der Waals surface area contributed by atoms with Crippen LogP contribution in [-0.2, 0) is 48.1 Å². The zero-order valence-corrected chi connectivity index (χ0v) is 28.2. The number of amides is 5. The molecule has 1 aliphatic heterocycles. The van der Waals surface area contributed by atoms with Crippen molar-refractivity contribution in [3.05, 3.63) is 71.3 Å². The summed E-state index contributed by atoms with van der Waals surface area (Å²) in [6.45, 7) is 7.22. The van der Waals surface area contributed by atoms with E-state index >= 15 is 0 Å². The minimum atomic E-state index is -1.13. The SMILES string of the molecule is CCCC(NC(=O)[C@@H]1CCCN1C(=O)C(NC(=O)OC(C)(C)C)C1Cc2ccccc2C1)C(=O)C(=O)NCC(=O)NCc1ccccc1. The van der Waals surface area contributed by atoms with Crippen molar-refractivity contribution in [1.29, 1.82) is 0 Å². The van der Waals surface area contributed by atoms with E-state index in [-0.39, 0.29) is 18.9 Å². The third-order valence-electron chi connectivity index (χ3n) is 8.51. The molecule has 1 aliphatic carbocycles. The van der Waals surface area contributed by atoms with E-state index in [4.69, 9.17) is 4.74 Å². The molecule has 2 unspecified atom stereocenters. The molecule has 3 atom stereocenters. The molecule has 5 amide bonds. The highest BCUT2D eigenvalue weighted by atomic mass is 16.6. The number of alkyl carbamates (subject to hydrolysis) is 1. The van der Waals surface area contributed by atoms with Crippen molar-refractivity contribution in [3.8, 4) is 0 Å². The van der Waals surface area contributed by atoms with Crippen LogP contribution in [0.1, 0.15) is 70.1 Å². The molecule has 2 aromatic rings. The number of hydrogen-bond donors (Lipinski definition) is 4. The lowest BCUT2D eigenvalue weighted by Crippen LogP contribution is -2.58. The third-order valence-corrected chi connectivity index (χ3v) is 8.51. The van der Waals surface area contributed by atoms with Crippen LogP contribution in [0.4, 0.5) is 4.79 Å². The first-order valence-electron chi connectivity index (χ1n) is 16.7. The van der Waals surface area contributed by atoms with Crippen molar-refractivity contribution in [3.63, 3.8) is 0 Å². The highest BCUT2D eigenvalue weighted by molar-refractivity contribution is 6.38. The monoisotopic (exact) mass is 661 g/mol. The Kier molecular flexibility index (Phi) is 12.3. The van der Waals surface area contributed by atoms with Gasteiger partial charge in [-0.05, 0) is 75.5 Å². The molecule has 2 aliphatic rings. The maximum absolute atomic E-state index is 14.2. The quantitative estimate of drug-likeness (QED) is 0.240. The van der Waals surface area contributed by atoms with Crippen LogP contribution in [0, 0.1) is 5.92 Å². The molecule has 4 N–H and O–H groups in total. The van der Waals surface area contributed by atoms with Crippen LogP contribution >= 0.6 is 0 Å². The summed E-state index contributed by atoms with van der Waals surface area (Å²) in [5.41, 5.74) is 2.33. The van der Waals surface area contributed by atoms with Gasteiger partial charge in [-0.1, -0.05) is 67.9 Å². The van der Waals surface area contributed by atoms with Crippen molar-refractivity contribution in [2.75, 3.05) is 13.1 Å². The summed E-state index contributed by atoms with van der Waals surface area (Å²) in [6, 6.07) is 14.2. The summed E-state index contributed by atoms with van der Waals surface area (Å²) in [5, 5.41) is 10.5. The first-order valence-corrected chi connectivity index (χ1v) is 16.7. The normalized spacial score (nSPS) is 17.1. The molecule has 1 heterocycles. The van der Waals surface area contributed by atoms with Gasteiger partial charge in [0, 0.05) is 13.1 Å². The maximum Gasteiger partial charge on any atom is 0.408 e. The van der Waals surface area contributed by atoms with Gasteiger partial charge in [0.25, 0.3) is 5.91 Å². The first-order chi connectivity index (χ1) is 22.9. The number of carbonyl (C=O) groups excluding carboxylic acids is 6. The summed E-state index contributed by atoms with van der Waals surface area (Å²) in [7, 11) is 0. The highest BCUT2D eigenvalue weighted by Gasteiger charge is 2.43. The molecule has 1 fully saturated rings. The molecule has 1 saturated heterocycles. The second kappa shape index (κ2) is 16.4. The smallest absolute Gasteiger partial charge is 0.408 e. The maximum atomic E-state index is 14.2. The van der Waals surface area contributed by atoms with Crippen LogP contribution < -0.4 is 21.3 Å². The standard InChI is InChI=1S/C36H47N5O7/c1-5-12-27(31(43)33(45)38-22-29(42)37-21-23-13-7-6-8-14-23)39-32(44)28-17-11-18-41(28)34(46)30(40-35(47)48-36(2,3)4)26-19-24-15-9-10-16-25(24)20-26/h6-10,13-16,26-28,30H,5,11-12,17-22H2,1-4H3,(H,37,42)(H,38,45)(H,39,44)(H,40,47)/t27?,28-,30?/m0/s1. The van der Waals surface area contributed by atoms with Crippen molar-refractivity contribution >= 4 is 35.5 Å². The van der Waals surface area contributed by atoms with E-state index in [1.54, 1.807) is 20.8 Å². The average Bonchev–Trinajstić information content (AvgIpc) is 3.72. The van der Waals surface area contributed by atoms with Gasteiger partial charge >= 0.3 is 6.09 Å². The minimum Gasteiger partial charge on any atom is -0.444 e. The fraction of sp³-hybridized carbons (Fsp3) is 0.500. The number of carbonyl (C=O) groups is 6. The number of likely N-dealkylation sites (tertiary alicyclic amines) is 1. The molecule has 2 aromatic carbocycles. The lowest BCUT2D eigenvalue weighted by atomic mass is 9.95. The molecule has 258 valence electrons. The van der Waals surface area contributed by atoms with Gasteiger partial charge in [-0.2, -0.15) is 0 Å². The van der Waals surface area contributed by atoms with E-state index in [9.17, 15) is 28.8 Å². The van der Waals surface area contributed by atoms with Gasteiger partial charge in [0.2, 0.25) is 23.5 Å². The third kappa shape index (κ3) is 9.88. The molecular formula is C36H47N5O7. The van der Waals surface area contributed by atoms with E-state index < -0.39 is 65.8 Å². The van der Waals surface area contributed by atoms with Crippen LogP contribution in [0.3, 0.4) is 0 Å². The van der Waals surface area contributed by atoms with Gasteiger partial charge in [-0.3, -0.25) is 24.0 Å². The summed E-state index contributed by atoms with van der Waals surface area (Å²) in [6.07, 6.45) is 2.06. The van der Waals surface area contributed by atoms with Crippen molar-refractivity contribution in [1.82, 2.24) is 26.2 Å². The van der Waals surface area contributed by atoms with E-state index in [0.717, 1.165) is 16.7 Å². The predicted octanol–water partition coefficient (Wildman–Crippen LogP) is 2.57. The van der Waals surface area contributed by atoms with E-state index in [1.807, 2.05) is 61.5 Å². The zero-order chi connectivity index (χ0) is 34.8. The van der Waals surface area contributed by atoms with Gasteiger partial charge < -0.3 is 30.9 Å². The second-order valence-corrected chi connectivity index (χ2v) is 13.4. The number of ketones is 1. The molecular weight excluding hydrogens is 614 g/mol. The summed E-state index contributed by atoms with van der Waals surface area (Å²) >= 11 is 0. The molecule has 0 radical (unpaired) electrons. The van der Waals surface area contributed by atoms with Crippen LogP contribution in [0.5, 0.6) is 0 Å². The Balaban J connectivity index is 1.39. The Bertz CT molecular complexity index is 1460. The Hall–Kier alpha value is -4.74. The molecule has 4 rings (SSSR count). The van der Waals surface area contributed by atoms with E-state index in [2.05, 4.69) is 21.3 Å². The summed E-state index contributed by atoms with van der Waals surface area (Å²) in [5.74, 6) is -3.50. The predicted molar refractivity (Wildman–Crippen MR) is 178 cm³/mol. The van der Waals surface area contributed by atoms with Crippen molar-refractivity contribution in [2.24, 2.45) is 5.92 Å². The highest BCUT2D eigenvalue weighted by Crippen LogP contribution is 2.31. The van der Waals surface area contributed by atoms with E-state index in [0.29, 0.717) is 38.6 Å². The van der Waals surface area contributed by atoms with Gasteiger partial charge in [-0.25, -0.2) is 4.79 Å². The fourth-order valence-electron chi connectivity index (χ4n) is 6.22. The fourth-order valence-corrected chi connectivity index (χ4v) is 6.22. The van der Waals surface area contributed by atoms with Gasteiger partial charge in [0.05, 0.1) is 12.6 Å². The van der Waals surface area contributed by atoms with Gasteiger partial charge in [-0.15, -0.1) is 0 Å². The number of nitrogens with one attached hydrogen (secondary N) is 4. The number of rotatable bonds is 13. The minimum absolute atomic E-state index is 0.196. The van der Waals surface area contributed by atoms with E-state index in [1.165, 1.54) is 4.90 Å². The Morgan fingerprint density at radius 2 is 1.54 bits per heavy atom. The van der Waals surface area contributed by atoms with Crippen molar-refractivity contribution in [2.45, 2.75) is 96.5 Å². The van der Waals surface area contributed by atoms with Gasteiger partial charge in [0.1, 0.15) is 17.7 Å². The van der Waals surface area contributed by atoms with Crippen LogP contribution in [0.25, 0.3) is 0 Å². The number of ether oxygens (including phenoxy) is 1. The molecule has 12 nitrogen and oxygen atoms in total.